The van der Waals surface area contributed by atoms with E-state index in [2.05, 4.69) is 10.6 Å². The van der Waals surface area contributed by atoms with Crippen molar-refractivity contribution in [3.8, 4) is 0 Å². The molecule has 4 aromatic carbocycles. The Morgan fingerprint density at radius 3 is 2.34 bits per heavy atom. The number of hydrogen-bond acceptors (Lipinski definition) is 3. The average Bonchev–Trinajstić information content (AvgIpc) is 2.80. The Bertz CT molecular complexity index is 1260. The second-order valence-corrected chi connectivity index (χ2v) is 9.04. The minimum atomic E-state index is -0.308. The number of aryl methyl sites for hydroxylation is 1. The Kier molecular flexibility index (Phi) is 6.57. The number of benzene rings is 4. The molecule has 0 spiro atoms. The molecular formula is C27H24N2O2S. The SMILES string of the molecule is Cc1ccc(C(=O)Nc2cccc(SC(C)C(=O)Nc3cccc4ccccc34)c2)cc1. The molecule has 1 unspecified atom stereocenters. The maximum absolute atomic E-state index is 12.8. The van der Waals surface area contributed by atoms with Crippen LogP contribution in [0.25, 0.3) is 10.8 Å². The molecule has 2 N–H and O–H groups in total. The van der Waals surface area contributed by atoms with Gasteiger partial charge >= 0.3 is 0 Å². The molecule has 0 saturated heterocycles. The van der Waals surface area contributed by atoms with Crippen molar-refractivity contribution in [3.05, 3.63) is 102 Å². The first-order valence-electron chi connectivity index (χ1n) is 10.4. The number of carbonyl (C=O) groups excluding carboxylic acids is 2. The molecule has 4 aromatic rings. The Morgan fingerprint density at radius 2 is 1.53 bits per heavy atom. The first kappa shape index (κ1) is 21.7. The van der Waals surface area contributed by atoms with E-state index < -0.39 is 0 Å². The van der Waals surface area contributed by atoms with E-state index >= 15 is 0 Å². The van der Waals surface area contributed by atoms with Crippen molar-refractivity contribution in [2.24, 2.45) is 0 Å². The highest BCUT2D eigenvalue weighted by atomic mass is 32.2. The molecule has 2 amide bonds. The van der Waals surface area contributed by atoms with Gasteiger partial charge < -0.3 is 10.6 Å². The summed E-state index contributed by atoms with van der Waals surface area (Å²) in [5, 5.41) is 7.77. The van der Waals surface area contributed by atoms with Crippen LogP contribution < -0.4 is 10.6 Å². The highest BCUT2D eigenvalue weighted by molar-refractivity contribution is 8.00. The summed E-state index contributed by atoms with van der Waals surface area (Å²) in [6.07, 6.45) is 0. The molecule has 0 aliphatic rings. The second-order valence-electron chi connectivity index (χ2n) is 7.62. The van der Waals surface area contributed by atoms with E-state index in [1.165, 1.54) is 11.8 Å². The predicted octanol–water partition coefficient (Wildman–Crippen LogP) is 6.52. The van der Waals surface area contributed by atoms with Crippen LogP contribution in [0, 0.1) is 6.92 Å². The molecule has 0 fully saturated rings. The molecule has 0 aliphatic heterocycles. The topological polar surface area (TPSA) is 58.2 Å². The zero-order chi connectivity index (χ0) is 22.5. The van der Waals surface area contributed by atoms with Gasteiger partial charge in [0.05, 0.1) is 5.25 Å². The quantitative estimate of drug-likeness (QED) is 0.336. The van der Waals surface area contributed by atoms with Gasteiger partial charge in [-0.25, -0.2) is 0 Å². The van der Waals surface area contributed by atoms with Crippen LogP contribution in [-0.4, -0.2) is 17.1 Å². The van der Waals surface area contributed by atoms with E-state index in [0.29, 0.717) is 11.3 Å². The standard InChI is InChI=1S/C27H24N2O2S/c1-18-13-15-21(16-14-18)27(31)28-22-9-6-10-23(17-22)32-19(2)26(30)29-25-12-5-8-20-7-3-4-11-24(20)25/h3-17,19H,1-2H3,(H,28,31)(H,29,30). The molecule has 0 heterocycles. The van der Waals surface area contributed by atoms with Crippen molar-refractivity contribution in [2.75, 3.05) is 10.6 Å². The Hall–Kier alpha value is -3.57. The normalized spacial score (nSPS) is 11.7. The highest BCUT2D eigenvalue weighted by Crippen LogP contribution is 2.28. The first-order valence-corrected chi connectivity index (χ1v) is 11.3. The van der Waals surface area contributed by atoms with Gasteiger partial charge in [0.25, 0.3) is 5.91 Å². The average molecular weight is 441 g/mol. The lowest BCUT2D eigenvalue weighted by Crippen LogP contribution is -2.22. The van der Waals surface area contributed by atoms with Crippen molar-refractivity contribution < 1.29 is 9.59 Å². The molecule has 0 saturated carbocycles. The summed E-state index contributed by atoms with van der Waals surface area (Å²) >= 11 is 1.45. The fourth-order valence-electron chi connectivity index (χ4n) is 3.38. The van der Waals surface area contributed by atoms with Gasteiger partial charge in [0.1, 0.15) is 0 Å². The predicted molar refractivity (Wildman–Crippen MR) is 133 cm³/mol. The maximum Gasteiger partial charge on any atom is 0.255 e. The summed E-state index contributed by atoms with van der Waals surface area (Å²) in [5.74, 6) is -0.227. The molecule has 0 aromatic heterocycles. The van der Waals surface area contributed by atoms with Crippen LogP contribution in [0.15, 0.2) is 95.9 Å². The number of anilines is 2. The summed E-state index contributed by atoms with van der Waals surface area (Å²) in [6, 6.07) is 28.9. The van der Waals surface area contributed by atoms with Crippen LogP contribution in [-0.2, 0) is 4.79 Å². The summed E-state index contributed by atoms with van der Waals surface area (Å²) in [5.41, 5.74) is 3.22. The van der Waals surface area contributed by atoms with Crippen molar-refractivity contribution in [1.82, 2.24) is 0 Å². The molecule has 0 radical (unpaired) electrons. The third-order valence-electron chi connectivity index (χ3n) is 5.14. The second kappa shape index (κ2) is 9.71. The first-order chi connectivity index (χ1) is 15.5. The highest BCUT2D eigenvalue weighted by Gasteiger charge is 2.16. The Labute approximate surface area is 192 Å². The lowest BCUT2D eigenvalue weighted by molar-refractivity contribution is -0.115. The molecule has 4 nitrogen and oxygen atoms in total. The van der Waals surface area contributed by atoms with Crippen LogP contribution in [0.1, 0.15) is 22.8 Å². The summed E-state index contributed by atoms with van der Waals surface area (Å²) < 4.78 is 0. The molecule has 1 atom stereocenters. The third kappa shape index (κ3) is 5.18. The van der Waals surface area contributed by atoms with E-state index in [9.17, 15) is 9.59 Å². The van der Waals surface area contributed by atoms with Gasteiger partial charge in [-0.3, -0.25) is 9.59 Å². The largest absolute Gasteiger partial charge is 0.325 e. The lowest BCUT2D eigenvalue weighted by atomic mass is 10.1. The summed E-state index contributed by atoms with van der Waals surface area (Å²) in [7, 11) is 0. The monoisotopic (exact) mass is 440 g/mol. The summed E-state index contributed by atoms with van der Waals surface area (Å²) in [6.45, 7) is 3.86. The number of nitrogens with one attached hydrogen (secondary N) is 2. The van der Waals surface area contributed by atoms with E-state index in [1.807, 2.05) is 105 Å². The van der Waals surface area contributed by atoms with Gasteiger partial charge in [-0.1, -0.05) is 60.2 Å². The van der Waals surface area contributed by atoms with Crippen LogP contribution in [0.2, 0.25) is 0 Å². The Balaban J connectivity index is 1.41. The van der Waals surface area contributed by atoms with Crippen molar-refractivity contribution in [1.29, 1.82) is 0 Å². The molecule has 0 bridgehead atoms. The number of fused-ring (bicyclic) bond motifs is 1. The molecular weight excluding hydrogens is 416 g/mol. The summed E-state index contributed by atoms with van der Waals surface area (Å²) in [4.78, 5) is 26.2. The number of amides is 2. The van der Waals surface area contributed by atoms with Crippen LogP contribution in [0.3, 0.4) is 0 Å². The van der Waals surface area contributed by atoms with E-state index in [4.69, 9.17) is 0 Å². The minimum absolute atomic E-state index is 0.0690. The van der Waals surface area contributed by atoms with Gasteiger partial charge in [0.2, 0.25) is 5.91 Å². The maximum atomic E-state index is 12.8. The number of thioether (sulfide) groups is 1. The van der Waals surface area contributed by atoms with E-state index in [1.54, 1.807) is 0 Å². The Morgan fingerprint density at radius 1 is 0.812 bits per heavy atom. The van der Waals surface area contributed by atoms with Gasteiger partial charge in [0, 0.05) is 27.2 Å². The van der Waals surface area contributed by atoms with Gasteiger partial charge in [-0.2, -0.15) is 0 Å². The van der Waals surface area contributed by atoms with Gasteiger partial charge in [0.15, 0.2) is 0 Å². The van der Waals surface area contributed by atoms with Crippen molar-refractivity contribution in [3.63, 3.8) is 0 Å². The van der Waals surface area contributed by atoms with Crippen LogP contribution >= 0.6 is 11.8 Å². The minimum Gasteiger partial charge on any atom is -0.325 e. The molecule has 5 heteroatoms. The fraction of sp³-hybridized carbons (Fsp3) is 0.111. The van der Waals surface area contributed by atoms with E-state index in [0.717, 1.165) is 26.9 Å². The zero-order valence-electron chi connectivity index (χ0n) is 18.0. The molecule has 4 rings (SSSR count). The molecule has 160 valence electrons. The fourth-order valence-corrected chi connectivity index (χ4v) is 4.31. The smallest absolute Gasteiger partial charge is 0.255 e. The van der Waals surface area contributed by atoms with Crippen molar-refractivity contribution in [2.45, 2.75) is 24.0 Å². The number of hydrogen-bond donors (Lipinski definition) is 2. The lowest BCUT2D eigenvalue weighted by Gasteiger charge is -2.14. The van der Waals surface area contributed by atoms with Gasteiger partial charge in [-0.15, -0.1) is 11.8 Å². The molecule has 0 aliphatic carbocycles. The number of rotatable bonds is 6. The van der Waals surface area contributed by atoms with E-state index in [-0.39, 0.29) is 17.1 Å². The number of carbonyl (C=O) groups is 2. The van der Waals surface area contributed by atoms with Crippen molar-refractivity contribution >= 4 is 45.7 Å². The third-order valence-corrected chi connectivity index (χ3v) is 6.23. The zero-order valence-corrected chi connectivity index (χ0v) is 18.8. The van der Waals surface area contributed by atoms with Crippen LogP contribution in [0.4, 0.5) is 11.4 Å². The van der Waals surface area contributed by atoms with Gasteiger partial charge in [-0.05, 0) is 55.6 Å². The molecule has 32 heavy (non-hydrogen) atoms. The van der Waals surface area contributed by atoms with Crippen LogP contribution in [0.5, 0.6) is 0 Å².